The molecule has 5 N–H and O–H groups in total. The number of thiazole rings is 1. The first-order valence-electron chi connectivity index (χ1n) is 13.2. The first-order chi connectivity index (χ1) is 21.7. The van der Waals surface area contributed by atoms with Gasteiger partial charge in [0.15, 0.2) is 36.0 Å². The summed E-state index contributed by atoms with van der Waals surface area (Å²) >= 11 is 2.41. The number of rotatable bonds is 11. The van der Waals surface area contributed by atoms with Crippen molar-refractivity contribution in [3.05, 3.63) is 70.8 Å². The number of carbonyl (C=O) groups excluding carboxylic acids is 4. The summed E-state index contributed by atoms with van der Waals surface area (Å²) in [5, 5.41) is 36.9. The molecule has 0 spiro atoms. The van der Waals surface area contributed by atoms with Gasteiger partial charge in [-0.2, -0.15) is 10.4 Å². The number of hydrogen-bond acceptors (Lipinski definition) is 13. The van der Waals surface area contributed by atoms with Crippen LogP contribution in [0.25, 0.3) is 11.3 Å². The molecule has 0 radical (unpaired) electrons. The number of nitrogens with one attached hydrogen (secondary N) is 3. The van der Waals surface area contributed by atoms with E-state index in [4.69, 9.17) is 15.8 Å². The van der Waals surface area contributed by atoms with E-state index in [2.05, 4.69) is 25.7 Å². The van der Waals surface area contributed by atoms with Crippen LogP contribution in [0.3, 0.4) is 0 Å². The van der Waals surface area contributed by atoms with Crippen molar-refractivity contribution in [3.8, 4) is 17.5 Å². The van der Waals surface area contributed by atoms with Gasteiger partial charge in [-0.05, 0) is 24.6 Å². The van der Waals surface area contributed by atoms with Crippen molar-refractivity contribution in [2.45, 2.75) is 24.9 Å². The van der Waals surface area contributed by atoms with Gasteiger partial charge < -0.3 is 25.8 Å². The summed E-state index contributed by atoms with van der Waals surface area (Å²) < 4.78 is 1.83. The standard InChI is InChI=1S/C27H24N10O6S2/c1-2-43-35-19(18-12-45-27(29)31-18)23(39)32-20-24(40)37-21(26(41)42)15(11-44-25(20)37)4-3-7-36-8-5-14(6-9-36)16-10-17(34-33-16)22(38)30-13-28/h3-6,8-10,12,20,25H,2,7,11H2,1H3,(H5,29,30,31,32,38,39,41,42)/b4-3-,35-19-/t20-,25-/m1/s1. The fraction of sp³-hybridized carbons (Fsp3) is 0.222. The van der Waals surface area contributed by atoms with E-state index in [1.807, 2.05) is 9.88 Å². The first kappa shape index (κ1) is 30.9. The van der Waals surface area contributed by atoms with Crippen LogP contribution in [0.5, 0.6) is 0 Å². The molecule has 2 aliphatic rings. The Balaban J connectivity index is 1.24. The zero-order chi connectivity index (χ0) is 32.1. The van der Waals surface area contributed by atoms with E-state index in [9.17, 15) is 24.3 Å². The fourth-order valence-corrected chi connectivity index (χ4v) is 6.34. The minimum atomic E-state index is -1.51. The number of amides is 3. The van der Waals surface area contributed by atoms with Crippen LogP contribution in [0, 0.1) is 11.5 Å². The molecule has 0 unspecified atom stereocenters. The van der Waals surface area contributed by atoms with E-state index in [0.717, 1.165) is 21.8 Å². The number of aromatic nitrogens is 4. The molecule has 1 saturated heterocycles. The summed E-state index contributed by atoms with van der Waals surface area (Å²) in [6, 6.07) is 4.09. The van der Waals surface area contributed by atoms with Crippen LogP contribution in [0.1, 0.15) is 23.1 Å². The first-order valence-corrected chi connectivity index (χ1v) is 15.2. The van der Waals surface area contributed by atoms with Crippen molar-refractivity contribution in [2.24, 2.45) is 5.16 Å². The maximum absolute atomic E-state index is 13.1. The Morgan fingerprint density at radius 2 is 2.16 bits per heavy atom. The number of anilines is 1. The topological polar surface area (TPSA) is 235 Å². The minimum absolute atomic E-state index is 0.145. The smallest absolute Gasteiger partial charge is 0.282 e. The third-order valence-corrected chi connectivity index (χ3v) is 8.53. The van der Waals surface area contributed by atoms with Gasteiger partial charge in [0.25, 0.3) is 17.7 Å². The van der Waals surface area contributed by atoms with E-state index in [-0.39, 0.29) is 40.3 Å². The summed E-state index contributed by atoms with van der Waals surface area (Å²) in [7, 11) is 0. The Hall–Kier alpha value is -5.54. The highest BCUT2D eigenvalue weighted by molar-refractivity contribution is 8.00. The molecule has 0 aromatic carbocycles. The predicted molar refractivity (Wildman–Crippen MR) is 158 cm³/mol. The minimum Gasteiger partial charge on any atom is -0.543 e. The molecule has 5 heterocycles. The lowest BCUT2D eigenvalue weighted by Gasteiger charge is -2.50. The number of thioether (sulfide) groups is 1. The van der Waals surface area contributed by atoms with Gasteiger partial charge in [-0.3, -0.25) is 29.7 Å². The van der Waals surface area contributed by atoms with Crippen LogP contribution >= 0.6 is 23.1 Å². The summed E-state index contributed by atoms with van der Waals surface area (Å²) in [6.07, 6.45) is 8.49. The second kappa shape index (κ2) is 13.4. The van der Waals surface area contributed by atoms with Gasteiger partial charge in [-0.15, -0.1) is 23.1 Å². The summed E-state index contributed by atoms with van der Waals surface area (Å²) in [4.78, 5) is 60.2. The molecule has 3 aromatic heterocycles. The van der Waals surface area contributed by atoms with Gasteiger partial charge in [0.2, 0.25) is 0 Å². The number of oxime groups is 1. The van der Waals surface area contributed by atoms with E-state index >= 15 is 0 Å². The number of β-lactam (4-membered cyclic amide) rings is 1. The van der Waals surface area contributed by atoms with Gasteiger partial charge in [-0.1, -0.05) is 11.2 Å². The van der Waals surface area contributed by atoms with Crippen LogP contribution in [-0.4, -0.2) is 73.3 Å². The molecular formula is C27H24N10O6S2. The highest BCUT2D eigenvalue weighted by Crippen LogP contribution is 2.40. The molecule has 3 aromatic rings. The molecular weight excluding hydrogens is 624 g/mol. The largest absolute Gasteiger partial charge is 0.543 e. The quantitative estimate of drug-likeness (QED) is 0.0492. The van der Waals surface area contributed by atoms with Crippen molar-refractivity contribution < 1.29 is 33.7 Å². The van der Waals surface area contributed by atoms with Crippen molar-refractivity contribution in [1.29, 1.82) is 5.26 Å². The molecule has 1 fully saturated rings. The van der Waals surface area contributed by atoms with Crippen molar-refractivity contribution in [3.63, 3.8) is 0 Å². The Morgan fingerprint density at radius 3 is 2.82 bits per heavy atom. The molecule has 0 saturated carbocycles. The number of fused-ring (bicyclic) bond motifs is 1. The number of nitriles is 1. The van der Waals surface area contributed by atoms with Crippen LogP contribution in [0.15, 0.2) is 64.6 Å². The average Bonchev–Trinajstić information content (AvgIpc) is 3.70. The zero-order valence-electron chi connectivity index (χ0n) is 23.4. The maximum Gasteiger partial charge on any atom is 0.282 e. The number of pyridine rings is 1. The highest BCUT2D eigenvalue weighted by atomic mass is 32.2. The second-order valence-electron chi connectivity index (χ2n) is 9.37. The van der Waals surface area contributed by atoms with Crippen LogP contribution in [0.2, 0.25) is 0 Å². The Kier molecular flexibility index (Phi) is 9.20. The Labute approximate surface area is 263 Å². The van der Waals surface area contributed by atoms with Crippen LogP contribution in [0.4, 0.5) is 5.13 Å². The van der Waals surface area contributed by atoms with Gasteiger partial charge in [0.1, 0.15) is 29.4 Å². The van der Waals surface area contributed by atoms with Crippen LogP contribution in [-0.2, 0) is 25.8 Å². The highest BCUT2D eigenvalue weighted by Gasteiger charge is 2.53. The van der Waals surface area contributed by atoms with Gasteiger partial charge >= 0.3 is 0 Å². The lowest BCUT2D eigenvalue weighted by Crippen LogP contribution is -2.71. The van der Waals surface area contributed by atoms with Crippen molar-refractivity contribution in [1.82, 2.24) is 30.7 Å². The summed E-state index contributed by atoms with van der Waals surface area (Å²) in [5.74, 6) is -3.15. The van der Waals surface area contributed by atoms with Gasteiger partial charge in [0.05, 0.1) is 17.4 Å². The van der Waals surface area contributed by atoms with Gasteiger partial charge in [0, 0.05) is 28.8 Å². The lowest BCUT2D eigenvalue weighted by molar-refractivity contribution is -0.686. The fourth-order valence-electron chi connectivity index (χ4n) is 4.47. The Bertz CT molecular complexity index is 1790. The number of nitrogen functional groups attached to an aromatic ring is 1. The number of aromatic amines is 1. The molecule has 230 valence electrons. The number of nitrogens with zero attached hydrogens (tertiary/aromatic N) is 6. The number of hydrogen-bond donors (Lipinski definition) is 4. The van der Waals surface area contributed by atoms with E-state index in [1.54, 1.807) is 49.8 Å². The predicted octanol–water partition coefficient (Wildman–Crippen LogP) is -0.985. The molecule has 16 nitrogen and oxygen atoms in total. The molecule has 3 amide bonds. The number of H-pyrrole nitrogens is 1. The van der Waals surface area contributed by atoms with E-state index in [0.29, 0.717) is 17.8 Å². The van der Waals surface area contributed by atoms with Crippen molar-refractivity contribution >= 4 is 57.6 Å². The van der Waals surface area contributed by atoms with Crippen molar-refractivity contribution in [2.75, 3.05) is 18.1 Å². The second-order valence-corrected chi connectivity index (χ2v) is 11.4. The monoisotopic (exact) mass is 648 g/mol. The Morgan fingerprint density at radius 1 is 1.38 bits per heavy atom. The maximum atomic E-state index is 13.1. The molecule has 18 heteroatoms. The molecule has 0 bridgehead atoms. The molecule has 45 heavy (non-hydrogen) atoms. The van der Waals surface area contributed by atoms with Crippen LogP contribution < -0.4 is 26.0 Å². The average molecular weight is 649 g/mol. The summed E-state index contributed by atoms with van der Waals surface area (Å²) in [6.45, 7) is 2.27. The number of carboxylic acid groups (broad SMARTS) is 1. The number of carbonyl (C=O) groups is 4. The molecule has 2 aliphatic heterocycles. The number of carboxylic acids is 1. The SMILES string of the molecule is CCO/N=C(\C(=O)N[C@@H]1C(=O)N2C(C(=O)[O-])=C(/C=C\C[n+]3ccc(-c4cc(C(=O)NC#N)[nH]n4)cc3)CS[C@H]12)c1csc(N)n1. The number of aliphatic carboxylic acids is 1. The van der Waals surface area contributed by atoms with E-state index in [1.165, 1.54) is 23.2 Å². The van der Waals surface area contributed by atoms with Gasteiger partial charge in [-0.25, -0.2) is 9.55 Å². The third-order valence-electron chi connectivity index (χ3n) is 6.56. The summed E-state index contributed by atoms with van der Waals surface area (Å²) in [5.41, 5.74) is 7.24. The zero-order valence-corrected chi connectivity index (χ0v) is 25.1. The third kappa shape index (κ3) is 6.53. The number of allylic oxidation sites excluding steroid dienone is 2. The molecule has 5 rings (SSSR count). The lowest BCUT2D eigenvalue weighted by atomic mass is 10.0. The normalized spacial score (nSPS) is 17.8. The molecule has 2 atom stereocenters. The van der Waals surface area contributed by atoms with E-state index < -0.39 is 35.1 Å². The number of nitrogens with two attached hydrogens (primary N) is 1. The molecule has 0 aliphatic carbocycles.